The molecule has 1 N–H and O–H groups in total. The molecule has 0 aromatic carbocycles. The number of ether oxygens (including phenoxy) is 3. The van der Waals surface area contributed by atoms with Crippen LogP contribution >= 0.6 is 0 Å². The van der Waals surface area contributed by atoms with Crippen molar-refractivity contribution >= 4 is 17.9 Å². The molecule has 0 aliphatic heterocycles. The fourth-order valence-corrected chi connectivity index (χ4v) is 5.63. The maximum Gasteiger partial charge on any atom is 0.362 e. The zero-order chi connectivity index (χ0) is 42.1. The number of quaternary nitrogens is 1. The van der Waals surface area contributed by atoms with Crippen LogP contribution in [0.2, 0.25) is 0 Å². The van der Waals surface area contributed by atoms with Crippen molar-refractivity contribution < 1.29 is 38.2 Å². The van der Waals surface area contributed by atoms with Crippen LogP contribution in [0.4, 0.5) is 0 Å². The number of aliphatic carboxylic acids is 1. The van der Waals surface area contributed by atoms with Crippen LogP contribution in [-0.2, 0) is 28.6 Å². The number of esters is 2. The predicted octanol–water partition coefficient (Wildman–Crippen LogP) is 11.9. The molecule has 0 heterocycles. The Bertz CT molecular complexity index is 1250. The molecule has 0 aliphatic carbocycles. The molecule has 2 atom stereocenters. The number of allylic oxidation sites excluding steroid dienone is 16. The third kappa shape index (κ3) is 37.6. The number of carbonyl (C=O) groups excluding carboxylic acids is 2. The highest BCUT2D eigenvalue weighted by molar-refractivity contribution is 5.72. The highest BCUT2D eigenvalue weighted by Gasteiger charge is 2.31. The van der Waals surface area contributed by atoms with Gasteiger partial charge in [-0.2, -0.15) is 0 Å². The summed E-state index contributed by atoms with van der Waals surface area (Å²) in [6.07, 6.45) is 51.9. The Balaban J connectivity index is 4.53. The van der Waals surface area contributed by atoms with Crippen molar-refractivity contribution in [2.24, 2.45) is 0 Å². The molecule has 322 valence electrons. The van der Waals surface area contributed by atoms with Crippen LogP contribution in [0, 0.1) is 0 Å². The number of hydrogen-bond acceptors (Lipinski definition) is 6. The van der Waals surface area contributed by atoms with Crippen LogP contribution in [0.5, 0.6) is 0 Å². The minimum atomic E-state index is -0.895. The molecule has 0 fully saturated rings. The van der Waals surface area contributed by atoms with E-state index in [0.29, 0.717) is 19.3 Å². The van der Waals surface area contributed by atoms with E-state index in [4.69, 9.17) is 14.2 Å². The van der Waals surface area contributed by atoms with Gasteiger partial charge in [-0.15, -0.1) is 0 Å². The van der Waals surface area contributed by atoms with E-state index in [-0.39, 0.29) is 43.1 Å². The Kier molecular flexibility index (Phi) is 36.5. The fourth-order valence-electron chi connectivity index (χ4n) is 5.63. The normalized spacial score (nSPS) is 13.9. The molecule has 57 heavy (non-hydrogen) atoms. The zero-order valence-corrected chi connectivity index (χ0v) is 36.5. The van der Waals surface area contributed by atoms with Gasteiger partial charge >= 0.3 is 17.9 Å². The van der Waals surface area contributed by atoms with E-state index >= 15 is 0 Å². The van der Waals surface area contributed by atoms with E-state index in [1.807, 2.05) is 27.2 Å². The lowest BCUT2D eigenvalue weighted by Gasteiger charge is -2.31. The third-order valence-electron chi connectivity index (χ3n) is 8.98. The summed E-state index contributed by atoms with van der Waals surface area (Å²) in [5.41, 5.74) is 0. The lowest BCUT2D eigenvalue weighted by molar-refractivity contribution is -0.887. The Morgan fingerprint density at radius 2 is 1.02 bits per heavy atom. The first-order valence-corrected chi connectivity index (χ1v) is 21.8. The van der Waals surface area contributed by atoms with Gasteiger partial charge in [0.05, 0.1) is 34.4 Å². The number of likely N-dealkylation sites (N-methyl/N-ethyl adjacent to an activating group) is 1. The molecule has 0 bridgehead atoms. The smallest absolute Gasteiger partial charge is 0.362 e. The van der Waals surface area contributed by atoms with Crippen LogP contribution in [0.15, 0.2) is 97.2 Å². The summed E-state index contributed by atoms with van der Waals surface area (Å²) in [5.74, 6) is -1.64. The maximum absolute atomic E-state index is 12.7. The minimum Gasteiger partial charge on any atom is -0.477 e. The summed E-state index contributed by atoms with van der Waals surface area (Å²) in [5, 5.41) is 9.61. The Morgan fingerprint density at radius 1 is 0.544 bits per heavy atom. The molecule has 2 unspecified atom stereocenters. The number of hydrogen-bond donors (Lipinski definition) is 1. The van der Waals surface area contributed by atoms with Crippen molar-refractivity contribution in [3.8, 4) is 0 Å². The standard InChI is InChI=1S/C49H79NO7/c1-6-8-10-12-14-16-18-20-21-22-23-24-25-26-28-29-31-33-35-37-39-47(51)56-44-45(43-55-42-41-46(49(53)54)50(3,4)5)57-48(52)40-38-36-34-32-30-27-19-17-15-13-11-9-7-2/h8,10,14,16,20-21,23-24,26-28,30-31,33-34,36,45-46H,6-7,9,11-13,15,17-19,22,25,29,32,35,37-44H2,1-5H3/p+1/b10-8+,16-14+,21-20+,24-23+,28-26+,30-27+,33-31+,36-34+. The number of nitrogens with zero attached hydrogens (tertiary/aromatic N) is 1. The van der Waals surface area contributed by atoms with Gasteiger partial charge in [-0.05, 0) is 77.0 Å². The van der Waals surface area contributed by atoms with E-state index in [2.05, 4.69) is 105 Å². The SMILES string of the molecule is CC/C=C/C/C=C/C/C=C/C/C=C/C/C=C/C/C=C/CCCC(=O)OCC(COCCC(C(=O)O)[N+](C)(C)C)OC(=O)CC/C=C/C/C=C/CCCCCCCC. The summed E-state index contributed by atoms with van der Waals surface area (Å²) in [7, 11) is 5.48. The largest absolute Gasteiger partial charge is 0.477 e. The number of carboxylic acids is 1. The number of unbranched alkanes of at least 4 members (excludes halogenated alkanes) is 7. The molecule has 0 aromatic heterocycles. The number of carboxylic acid groups (broad SMARTS) is 1. The topological polar surface area (TPSA) is 99.1 Å². The summed E-state index contributed by atoms with van der Waals surface area (Å²) in [4.78, 5) is 36.9. The van der Waals surface area contributed by atoms with Crippen molar-refractivity contribution in [2.45, 2.75) is 154 Å². The average molecular weight is 795 g/mol. The van der Waals surface area contributed by atoms with Crippen LogP contribution in [0.25, 0.3) is 0 Å². The van der Waals surface area contributed by atoms with Gasteiger partial charge in [-0.25, -0.2) is 4.79 Å². The molecular weight excluding hydrogens is 715 g/mol. The highest BCUT2D eigenvalue weighted by Crippen LogP contribution is 2.11. The fraction of sp³-hybridized carbons (Fsp3) is 0.612. The average Bonchev–Trinajstić information content (AvgIpc) is 3.17. The van der Waals surface area contributed by atoms with E-state index in [0.717, 1.165) is 57.8 Å². The molecule has 0 spiro atoms. The van der Waals surface area contributed by atoms with Crippen LogP contribution < -0.4 is 0 Å². The van der Waals surface area contributed by atoms with Crippen LogP contribution in [0.3, 0.4) is 0 Å². The second-order valence-electron chi connectivity index (χ2n) is 15.2. The predicted molar refractivity (Wildman–Crippen MR) is 238 cm³/mol. The molecule has 0 radical (unpaired) electrons. The van der Waals surface area contributed by atoms with Gasteiger partial charge < -0.3 is 23.8 Å². The molecular formula is C49H80NO7+. The van der Waals surface area contributed by atoms with Gasteiger partial charge in [0.25, 0.3) is 0 Å². The van der Waals surface area contributed by atoms with Crippen molar-refractivity contribution in [3.05, 3.63) is 97.2 Å². The lowest BCUT2D eigenvalue weighted by atomic mass is 10.1. The van der Waals surface area contributed by atoms with Gasteiger partial charge in [-0.3, -0.25) is 9.59 Å². The minimum absolute atomic E-state index is 0.0142. The van der Waals surface area contributed by atoms with Crippen molar-refractivity contribution in [1.29, 1.82) is 0 Å². The third-order valence-corrected chi connectivity index (χ3v) is 8.98. The van der Waals surface area contributed by atoms with Crippen LogP contribution in [-0.4, -0.2) is 80.6 Å². The summed E-state index contributed by atoms with van der Waals surface area (Å²) < 4.78 is 17.1. The first-order valence-electron chi connectivity index (χ1n) is 21.8. The molecule has 0 aliphatic rings. The first-order chi connectivity index (χ1) is 27.6. The summed E-state index contributed by atoms with van der Waals surface area (Å²) in [6.45, 7) is 4.46. The number of rotatable bonds is 37. The Labute approximate surface area is 347 Å². The van der Waals surface area contributed by atoms with E-state index in [1.54, 1.807) is 0 Å². The van der Waals surface area contributed by atoms with Gasteiger partial charge in [0.15, 0.2) is 12.1 Å². The van der Waals surface area contributed by atoms with Gasteiger partial charge in [0.2, 0.25) is 0 Å². The lowest BCUT2D eigenvalue weighted by Crippen LogP contribution is -2.50. The molecule has 8 heteroatoms. The summed E-state index contributed by atoms with van der Waals surface area (Å²) >= 11 is 0. The zero-order valence-electron chi connectivity index (χ0n) is 36.5. The molecule has 8 nitrogen and oxygen atoms in total. The van der Waals surface area contributed by atoms with Crippen molar-refractivity contribution in [3.63, 3.8) is 0 Å². The van der Waals surface area contributed by atoms with Crippen LogP contribution in [0.1, 0.15) is 142 Å². The van der Waals surface area contributed by atoms with Gasteiger partial charge in [0, 0.05) is 19.3 Å². The number of carbonyl (C=O) groups is 3. The van der Waals surface area contributed by atoms with Crippen molar-refractivity contribution in [1.82, 2.24) is 0 Å². The van der Waals surface area contributed by atoms with E-state index in [9.17, 15) is 19.5 Å². The van der Waals surface area contributed by atoms with Gasteiger partial charge in [0.1, 0.15) is 6.61 Å². The first kappa shape index (κ1) is 53.2. The molecule has 0 saturated heterocycles. The van der Waals surface area contributed by atoms with Crippen molar-refractivity contribution in [2.75, 3.05) is 41.0 Å². The Morgan fingerprint density at radius 3 is 1.53 bits per heavy atom. The van der Waals surface area contributed by atoms with E-state index < -0.39 is 24.1 Å². The molecule has 0 saturated carbocycles. The second kappa shape index (κ2) is 39.1. The molecule has 0 rings (SSSR count). The quantitative estimate of drug-likeness (QED) is 0.0289. The monoisotopic (exact) mass is 795 g/mol. The van der Waals surface area contributed by atoms with E-state index in [1.165, 1.54) is 38.5 Å². The van der Waals surface area contributed by atoms with Gasteiger partial charge in [-0.1, -0.05) is 143 Å². The molecule has 0 amide bonds. The maximum atomic E-state index is 12.7. The highest BCUT2D eigenvalue weighted by atomic mass is 16.6. The Hall–Kier alpha value is -3.75. The second-order valence-corrected chi connectivity index (χ2v) is 15.2. The summed E-state index contributed by atoms with van der Waals surface area (Å²) in [6, 6.07) is -0.637. The molecule has 0 aromatic rings.